The van der Waals surface area contributed by atoms with Crippen molar-refractivity contribution in [2.24, 2.45) is 0 Å². The Bertz CT molecular complexity index is 1080. The average molecular weight is 435 g/mol. The molecule has 1 aliphatic heterocycles. The van der Waals surface area contributed by atoms with E-state index in [1.54, 1.807) is 12.4 Å². The number of hydrogen-bond donors (Lipinski definition) is 1. The lowest BCUT2D eigenvalue weighted by Crippen LogP contribution is -2.36. The predicted octanol–water partition coefficient (Wildman–Crippen LogP) is 3.68. The van der Waals surface area contributed by atoms with Crippen molar-refractivity contribution in [1.29, 1.82) is 0 Å². The summed E-state index contributed by atoms with van der Waals surface area (Å²) in [4.78, 5) is 20.5. The van der Waals surface area contributed by atoms with Gasteiger partial charge in [0.2, 0.25) is 0 Å². The van der Waals surface area contributed by atoms with Gasteiger partial charge in [0.05, 0.1) is 42.4 Å². The van der Waals surface area contributed by atoms with Crippen molar-refractivity contribution in [3.8, 4) is 5.75 Å². The van der Waals surface area contributed by atoms with Crippen molar-refractivity contribution in [2.75, 3.05) is 36.5 Å². The molecule has 1 aliphatic carbocycles. The van der Waals surface area contributed by atoms with Gasteiger partial charge in [-0.05, 0) is 45.6 Å². The summed E-state index contributed by atoms with van der Waals surface area (Å²) in [5.74, 6) is 1.69. The van der Waals surface area contributed by atoms with Crippen LogP contribution < -0.4 is 15.0 Å². The molecule has 0 radical (unpaired) electrons. The molecule has 1 N–H and O–H groups in total. The monoisotopic (exact) mass is 434 g/mol. The maximum absolute atomic E-state index is 6.52. The van der Waals surface area contributed by atoms with Gasteiger partial charge < -0.3 is 19.7 Å². The zero-order valence-corrected chi connectivity index (χ0v) is 18.8. The standard InChI is InChI=1S/C24H30N6O2/c1-16-17(2)28-23(15-27-16)29-18-3-5-20(6-4-18)32-22-14-19(30-9-11-31-12-10-30)13-21-24(22)26-8-7-25-21/h7-8,13-15,18,20H,3-6,9-12H2,1-2H3,(H,28,29). The summed E-state index contributed by atoms with van der Waals surface area (Å²) in [6.45, 7) is 7.23. The quantitative estimate of drug-likeness (QED) is 0.651. The molecule has 2 aliphatic rings. The maximum Gasteiger partial charge on any atom is 0.149 e. The maximum atomic E-state index is 6.52. The first kappa shape index (κ1) is 20.9. The number of ether oxygens (including phenoxy) is 2. The Kier molecular flexibility index (Phi) is 6.03. The highest BCUT2D eigenvalue weighted by Crippen LogP contribution is 2.33. The van der Waals surface area contributed by atoms with Crippen LogP contribution in [0.2, 0.25) is 0 Å². The molecule has 1 saturated carbocycles. The Morgan fingerprint density at radius 1 is 0.969 bits per heavy atom. The molecular weight excluding hydrogens is 404 g/mol. The van der Waals surface area contributed by atoms with E-state index in [9.17, 15) is 0 Å². The fourth-order valence-electron chi connectivity index (χ4n) is 4.45. The Morgan fingerprint density at radius 2 is 1.75 bits per heavy atom. The van der Waals surface area contributed by atoms with Crippen molar-refractivity contribution >= 4 is 22.5 Å². The third-order valence-corrected chi connectivity index (χ3v) is 6.41. The SMILES string of the molecule is Cc1ncc(NC2CCC(Oc3cc(N4CCOCC4)cc4nccnc34)CC2)nc1C. The van der Waals surface area contributed by atoms with E-state index in [0.29, 0.717) is 6.04 Å². The van der Waals surface area contributed by atoms with E-state index in [0.717, 1.165) is 91.7 Å². The Hall–Kier alpha value is -3.00. The minimum Gasteiger partial charge on any atom is -0.488 e. The van der Waals surface area contributed by atoms with Crippen LogP contribution in [-0.4, -0.2) is 58.4 Å². The van der Waals surface area contributed by atoms with E-state index < -0.39 is 0 Å². The summed E-state index contributed by atoms with van der Waals surface area (Å²) in [6, 6.07) is 4.62. The number of morpholine rings is 1. The molecule has 2 fully saturated rings. The number of hydrogen-bond acceptors (Lipinski definition) is 8. The highest BCUT2D eigenvalue weighted by atomic mass is 16.5. The van der Waals surface area contributed by atoms with Gasteiger partial charge in [-0.25, -0.2) is 9.97 Å². The fraction of sp³-hybridized carbons (Fsp3) is 0.500. The second-order valence-electron chi connectivity index (χ2n) is 8.63. The Labute approximate surface area is 188 Å². The van der Waals surface area contributed by atoms with Crippen LogP contribution in [0.3, 0.4) is 0 Å². The van der Waals surface area contributed by atoms with E-state index in [1.807, 2.05) is 20.0 Å². The Balaban J connectivity index is 1.27. The van der Waals surface area contributed by atoms with Crippen LogP contribution in [0.1, 0.15) is 37.1 Å². The van der Waals surface area contributed by atoms with E-state index in [-0.39, 0.29) is 6.10 Å². The second-order valence-corrected chi connectivity index (χ2v) is 8.63. The topological polar surface area (TPSA) is 85.3 Å². The summed E-state index contributed by atoms with van der Waals surface area (Å²) in [6.07, 6.45) is 9.50. The van der Waals surface area contributed by atoms with Crippen LogP contribution in [0, 0.1) is 13.8 Å². The molecule has 2 aromatic heterocycles. The first-order valence-electron chi connectivity index (χ1n) is 11.5. The second kappa shape index (κ2) is 9.24. The number of nitrogens with one attached hydrogen (secondary N) is 1. The average Bonchev–Trinajstić information content (AvgIpc) is 2.83. The van der Waals surface area contributed by atoms with Gasteiger partial charge in [0.15, 0.2) is 0 Å². The van der Waals surface area contributed by atoms with Gasteiger partial charge in [0.1, 0.15) is 17.1 Å². The van der Waals surface area contributed by atoms with Gasteiger partial charge in [-0.2, -0.15) is 0 Å². The normalized spacial score (nSPS) is 21.5. The molecule has 1 saturated heterocycles. The van der Waals surface area contributed by atoms with Gasteiger partial charge in [-0.1, -0.05) is 0 Å². The van der Waals surface area contributed by atoms with E-state index in [4.69, 9.17) is 9.47 Å². The number of fused-ring (bicyclic) bond motifs is 1. The van der Waals surface area contributed by atoms with Gasteiger partial charge >= 0.3 is 0 Å². The van der Waals surface area contributed by atoms with Gasteiger partial charge in [0.25, 0.3) is 0 Å². The molecule has 0 bridgehead atoms. The number of aryl methyl sites for hydroxylation is 2. The van der Waals surface area contributed by atoms with Crippen molar-refractivity contribution in [2.45, 2.75) is 51.7 Å². The number of nitrogens with zero attached hydrogens (tertiary/aromatic N) is 5. The predicted molar refractivity (Wildman–Crippen MR) is 124 cm³/mol. The molecule has 0 atom stereocenters. The smallest absolute Gasteiger partial charge is 0.149 e. The highest BCUT2D eigenvalue weighted by molar-refractivity contribution is 5.85. The largest absolute Gasteiger partial charge is 0.488 e. The summed E-state index contributed by atoms with van der Waals surface area (Å²) >= 11 is 0. The number of rotatable bonds is 5. The molecule has 168 valence electrons. The van der Waals surface area contributed by atoms with E-state index in [2.05, 4.69) is 42.3 Å². The van der Waals surface area contributed by atoms with Gasteiger partial charge in [-0.15, -0.1) is 0 Å². The van der Waals surface area contributed by atoms with Crippen LogP contribution in [0.25, 0.3) is 11.0 Å². The van der Waals surface area contributed by atoms with Gasteiger partial charge in [0, 0.05) is 43.3 Å². The molecular formula is C24H30N6O2. The van der Waals surface area contributed by atoms with Crippen molar-refractivity contribution < 1.29 is 9.47 Å². The molecule has 0 amide bonds. The first-order valence-corrected chi connectivity index (χ1v) is 11.5. The molecule has 0 unspecified atom stereocenters. The fourth-order valence-corrected chi connectivity index (χ4v) is 4.45. The zero-order chi connectivity index (χ0) is 21.9. The molecule has 5 rings (SSSR count). The molecule has 8 heteroatoms. The van der Waals surface area contributed by atoms with Crippen LogP contribution in [0.15, 0.2) is 30.7 Å². The van der Waals surface area contributed by atoms with Crippen molar-refractivity contribution in [1.82, 2.24) is 19.9 Å². The molecule has 3 aromatic rings. The van der Waals surface area contributed by atoms with E-state index >= 15 is 0 Å². The first-order chi connectivity index (χ1) is 15.7. The van der Waals surface area contributed by atoms with Gasteiger partial charge in [-0.3, -0.25) is 9.97 Å². The third-order valence-electron chi connectivity index (χ3n) is 6.41. The van der Waals surface area contributed by atoms with Crippen LogP contribution in [0.4, 0.5) is 11.5 Å². The third kappa shape index (κ3) is 4.60. The summed E-state index contributed by atoms with van der Waals surface area (Å²) in [5.41, 5.74) is 4.77. The van der Waals surface area contributed by atoms with Crippen LogP contribution in [0.5, 0.6) is 5.75 Å². The molecule has 8 nitrogen and oxygen atoms in total. The number of anilines is 2. The highest BCUT2D eigenvalue weighted by Gasteiger charge is 2.24. The number of benzene rings is 1. The van der Waals surface area contributed by atoms with Crippen molar-refractivity contribution in [3.05, 3.63) is 42.1 Å². The molecule has 0 spiro atoms. The summed E-state index contributed by atoms with van der Waals surface area (Å²) in [7, 11) is 0. The number of aromatic nitrogens is 4. The van der Waals surface area contributed by atoms with E-state index in [1.165, 1.54) is 0 Å². The Morgan fingerprint density at radius 3 is 2.53 bits per heavy atom. The summed E-state index contributed by atoms with van der Waals surface area (Å²) in [5, 5.41) is 3.55. The zero-order valence-electron chi connectivity index (χ0n) is 18.8. The lowest BCUT2D eigenvalue weighted by atomic mass is 9.93. The van der Waals surface area contributed by atoms with Crippen molar-refractivity contribution in [3.63, 3.8) is 0 Å². The lowest BCUT2D eigenvalue weighted by molar-refractivity contribution is 0.122. The van der Waals surface area contributed by atoms with Crippen LogP contribution in [-0.2, 0) is 4.74 Å². The lowest BCUT2D eigenvalue weighted by Gasteiger charge is -2.31. The minimum atomic E-state index is 0.170. The summed E-state index contributed by atoms with van der Waals surface area (Å²) < 4.78 is 12.0. The van der Waals surface area contributed by atoms with Crippen LogP contribution >= 0.6 is 0 Å². The molecule has 32 heavy (non-hydrogen) atoms. The minimum absolute atomic E-state index is 0.170. The molecule has 3 heterocycles. The molecule has 1 aromatic carbocycles.